The molecule has 164 valence electrons. The lowest BCUT2D eigenvalue weighted by Crippen LogP contribution is -2.41. The maximum atomic E-state index is 13.1. The minimum Gasteiger partial charge on any atom is -0.459 e. The molecule has 3 amide bonds. The molecule has 3 aromatic rings. The molecule has 4 rings (SSSR count). The first-order valence-electron chi connectivity index (χ1n) is 10.3. The Hall–Kier alpha value is -3.94. The molecule has 1 aromatic heterocycles. The van der Waals surface area contributed by atoms with E-state index in [4.69, 9.17) is 4.42 Å². The molecule has 0 saturated carbocycles. The van der Waals surface area contributed by atoms with E-state index in [1.807, 2.05) is 0 Å². The van der Waals surface area contributed by atoms with E-state index in [0.29, 0.717) is 42.9 Å². The van der Waals surface area contributed by atoms with Crippen LogP contribution in [-0.2, 0) is 4.79 Å². The summed E-state index contributed by atoms with van der Waals surface area (Å²) in [5.74, 6) is -0.988. The molecule has 1 aliphatic rings. The van der Waals surface area contributed by atoms with Gasteiger partial charge in [0.15, 0.2) is 5.76 Å². The highest BCUT2D eigenvalue weighted by atomic mass is 19.1. The zero-order valence-electron chi connectivity index (χ0n) is 17.2. The van der Waals surface area contributed by atoms with Crippen molar-refractivity contribution in [3.8, 4) is 0 Å². The lowest BCUT2D eigenvalue weighted by molar-refractivity contribution is -0.121. The zero-order valence-corrected chi connectivity index (χ0v) is 17.2. The van der Waals surface area contributed by atoms with E-state index < -0.39 is 0 Å². The van der Waals surface area contributed by atoms with E-state index in [2.05, 4.69) is 10.6 Å². The first-order valence-corrected chi connectivity index (χ1v) is 10.3. The third-order valence-electron chi connectivity index (χ3n) is 5.40. The van der Waals surface area contributed by atoms with Crippen LogP contribution in [0.25, 0.3) is 0 Å². The van der Waals surface area contributed by atoms with Gasteiger partial charge in [0, 0.05) is 35.9 Å². The van der Waals surface area contributed by atoms with Crippen LogP contribution >= 0.6 is 0 Å². The lowest BCUT2D eigenvalue weighted by Gasteiger charge is -2.31. The molecule has 0 aliphatic carbocycles. The monoisotopic (exact) mass is 435 g/mol. The number of halogens is 1. The summed E-state index contributed by atoms with van der Waals surface area (Å²) in [5.41, 5.74) is 1.64. The van der Waals surface area contributed by atoms with Gasteiger partial charge in [0.05, 0.1) is 6.26 Å². The van der Waals surface area contributed by atoms with Gasteiger partial charge >= 0.3 is 0 Å². The Kier molecular flexibility index (Phi) is 6.30. The second-order valence-electron chi connectivity index (χ2n) is 7.57. The van der Waals surface area contributed by atoms with Crippen LogP contribution in [0.5, 0.6) is 0 Å². The summed E-state index contributed by atoms with van der Waals surface area (Å²) < 4.78 is 18.1. The number of hydrogen-bond acceptors (Lipinski definition) is 4. The van der Waals surface area contributed by atoms with Crippen molar-refractivity contribution >= 4 is 29.1 Å². The van der Waals surface area contributed by atoms with Gasteiger partial charge in [0.1, 0.15) is 5.82 Å². The van der Waals surface area contributed by atoms with Gasteiger partial charge in [-0.25, -0.2) is 4.39 Å². The smallest absolute Gasteiger partial charge is 0.291 e. The fourth-order valence-corrected chi connectivity index (χ4v) is 3.60. The largest absolute Gasteiger partial charge is 0.459 e. The topological polar surface area (TPSA) is 91.7 Å². The predicted octanol–water partition coefficient (Wildman–Crippen LogP) is 4.16. The Labute approximate surface area is 184 Å². The van der Waals surface area contributed by atoms with Crippen molar-refractivity contribution in [1.29, 1.82) is 0 Å². The number of nitrogens with zero attached hydrogens (tertiary/aromatic N) is 1. The number of likely N-dealkylation sites (tertiary alicyclic amines) is 1. The van der Waals surface area contributed by atoms with E-state index in [0.717, 1.165) is 0 Å². The number of carbonyl (C=O) groups is 3. The quantitative estimate of drug-likeness (QED) is 0.630. The second-order valence-corrected chi connectivity index (χ2v) is 7.57. The number of amides is 3. The minimum atomic E-state index is -0.384. The van der Waals surface area contributed by atoms with Crippen LogP contribution in [-0.4, -0.2) is 35.7 Å². The lowest BCUT2D eigenvalue weighted by atomic mass is 9.95. The molecule has 2 heterocycles. The highest BCUT2D eigenvalue weighted by Crippen LogP contribution is 2.22. The van der Waals surface area contributed by atoms with E-state index in [1.54, 1.807) is 41.3 Å². The van der Waals surface area contributed by atoms with Crippen molar-refractivity contribution in [3.05, 3.63) is 84.1 Å². The number of rotatable bonds is 5. The number of anilines is 2. The van der Waals surface area contributed by atoms with E-state index in [-0.39, 0.29) is 35.2 Å². The van der Waals surface area contributed by atoms with Crippen LogP contribution in [0.4, 0.5) is 15.8 Å². The van der Waals surface area contributed by atoms with Gasteiger partial charge in [0.25, 0.3) is 11.8 Å². The van der Waals surface area contributed by atoms with Crippen molar-refractivity contribution in [2.24, 2.45) is 5.92 Å². The van der Waals surface area contributed by atoms with Crippen LogP contribution in [0.15, 0.2) is 71.3 Å². The maximum Gasteiger partial charge on any atom is 0.291 e. The fourth-order valence-electron chi connectivity index (χ4n) is 3.60. The van der Waals surface area contributed by atoms with Crippen molar-refractivity contribution in [3.63, 3.8) is 0 Å². The van der Waals surface area contributed by atoms with Crippen molar-refractivity contribution in [1.82, 2.24) is 4.90 Å². The molecule has 7 nitrogen and oxygen atoms in total. The molecular formula is C24H22FN3O4. The van der Waals surface area contributed by atoms with Crippen LogP contribution < -0.4 is 10.6 Å². The number of nitrogens with one attached hydrogen (secondary N) is 2. The SMILES string of the molecule is O=C(Nc1ccc(NC(=O)C2CCN(C(=O)c3ccc(F)cc3)CC2)cc1)c1ccco1. The van der Waals surface area contributed by atoms with E-state index in [9.17, 15) is 18.8 Å². The third-order valence-corrected chi connectivity index (χ3v) is 5.40. The van der Waals surface area contributed by atoms with Gasteiger partial charge in [-0.3, -0.25) is 14.4 Å². The molecule has 0 unspecified atom stereocenters. The van der Waals surface area contributed by atoms with Crippen LogP contribution in [0, 0.1) is 11.7 Å². The summed E-state index contributed by atoms with van der Waals surface area (Å²) in [5, 5.41) is 5.60. The molecule has 0 spiro atoms. The zero-order chi connectivity index (χ0) is 22.5. The molecule has 2 N–H and O–H groups in total. The van der Waals surface area contributed by atoms with Crippen LogP contribution in [0.3, 0.4) is 0 Å². The molecule has 2 aromatic carbocycles. The summed E-state index contributed by atoms with van der Waals surface area (Å²) >= 11 is 0. The highest BCUT2D eigenvalue weighted by molar-refractivity contribution is 6.02. The molecule has 0 atom stereocenters. The van der Waals surface area contributed by atoms with Crippen LogP contribution in [0.2, 0.25) is 0 Å². The highest BCUT2D eigenvalue weighted by Gasteiger charge is 2.28. The van der Waals surface area contributed by atoms with E-state index in [1.165, 1.54) is 30.5 Å². The second kappa shape index (κ2) is 9.47. The Bertz CT molecular complexity index is 1090. The molecular weight excluding hydrogens is 413 g/mol. The molecule has 0 bridgehead atoms. The maximum absolute atomic E-state index is 13.1. The van der Waals surface area contributed by atoms with Gasteiger partial charge in [-0.2, -0.15) is 0 Å². The average molecular weight is 435 g/mol. The first kappa shape index (κ1) is 21.3. The Morgan fingerprint density at radius 3 is 2.09 bits per heavy atom. The predicted molar refractivity (Wildman–Crippen MR) is 117 cm³/mol. The van der Waals surface area contributed by atoms with Crippen LogP contribution in [0.1, 0.15) is 33.8 Å². The molecule has 32 heavy (non-hydrogen) atoms. The van der Waals surface area contributed by atoms with Gasteiger partial charge in [0.2, 0.25) is 5.91 Å². The van der Waals surface area contributed by atoms with Crippen molar-refractivity contribution < 1.29 is 23.2 Å². The number of benzene rings is 2. The number of furan rings is 1. The summed E-state index contributed by atoms with van der Waals surface area (Å²) in [6.07, 6.45) is 2.53. The molecule has 8 heteroatoms. The first-order chi connectivity index (χ1) is 15.5. The average Bonchev–Trinajstić information content (AvgIpc) is 3.36. The summed E-state index contributed by atoms with van der Waals surface area (Å²) in [6, 6.07) is 15.5. The standard InChI is InChI=1S/C24H22FN3O4/c25-18-5-3-17(4-6-18)24(31)28-13-11-16(12-14-28)22(29)26-19-7-9-20(10-8-19)27-23(30)21-2-1-15-32-21/h1-10,15-16H,11-14H2,(H,26,29)(H,27,30). The number of piperidine rings is 1. The molecule has 1 fully saturated rings. The normalized spacial score (nSPS) is 14.1. The third kappa shape index (κ3) is 5.03. The fraction of sp³-hybridized carbons (Fsp3) is 0.208. The van der Waals surface area contributed by atoms with Gasteiger partial charge in [-0.1, -0.05) is 0 Å². The van der Waals surface area contributed by atoms with Gasteiger partial charge < -0.3 is 20.0 Å². The van der Waals surface area contributed by atoms with Crippen molar-refractivity contribution in [2.75, 3.05) is 23.7 Å². The number of carbonyl (C=O) groups excluding carboxylic acids is 3. The number of hydrogen-bond donors (Lipinski definition) is 2. The molecule has 1 aliphatic heterocycles. The Balaban J connectivity index is 1.27. The Morgan fingerprint density at radius 1 is 0.875 bits per heavy atom. The van der Waals surface area contributed by atoms with Crippen molar-refractivity contribution in [2.45, 2.75) is 12.8 Å². The summed E-state index contributed by atoms with van der Waals surface area (Å²) in [4.78, 5) is 38.9. The van der Waals surface area contributed by atoms with Gasteiger partial charge in [-0.05, 0) is 73.5 Å². The molecule has 1 saturated heterocycles. The van der Waals surface area contributed by atoms with Gasteiger partial charge in [-0.15, -0.1) is 0 Å². The van der Waals surface area contributed by atoms with E-state index >= 15 is 0 Å². The Morgan fingerprint density at radius 2 is 1.50 bits per heavy atom. The summed E-state index contributed by atoms with van der Waals surface area (Å²) in [7, 11) is 0. The minimum absolute atomic E-state index is 0.105. The molecule has 0 radical (unpaired) electrons. The summed E-state index contributed by atoms with van der Waals surface area (Å²) in [6.45, 7) is 0.929.